The fraction of sp³-hybridized carbons (Fsp3) is 0.750. The molecule has 96 valence electrons. The van der Waals surface area contributed by atoms with Gasteiger partial charge in [0.1, 0.15) is 12.4 Å². The van der Waals surface area contributed by atoms with E-state index >= 15 is 0 Å². The van der Waals surface area contributed by atoms with Gasteiger partial charge in [0.25, 0.3) is 0 Å². The summed E-state index contributed by atoms with van der Waals surface area (Å²) in [5.41, 5.74) is 0. The molecular formula is C12H18O5. The molecule has 1 aliphatic carbocycles. The Labute approximate surface area is 100 Å². The zero-order valence-electron chi connectivity index (χ0n) is 10.2. The summed E-state index contributed by atoms with van der Waals surface area (Å²) in [6.07, 6.45) is 1.01. The predicted octanol–water partition coefficient (Wildman–Crippen LogP) is 0.750. The molecule has 17 heavy (non-hydrogen) atoms. The summed E-state index contributed by atoms with van der Waals surface area (Å²) in [6.45, 7) is 1.98. The summed E-state index contributed by atoms with van der Waals surface area (Å²) in [6, 6.07) is 0. The Morgan fingerprint density at radius 2 is 2.12 bits per heavy atom. The van der Waals surface area contributed by atoms with Crippen molar-refractivity contribution in [2.45, 2.75) is 26.2 Å². The van der Waals surface area contributed by atoms with Crippen molar-refractivity contribution in [2.24, 2.45) is 11.8 Å². The lowest BCUT2D eigenvalue weighted by Crippen LogP contribution is -2.36. The molecule has 2 unspecified atom stereocenters. The largest absolute Gasteiger partial charge is 0.466 e. The minimum atomic E-state index is -0.696. The van der Waals surface area contributed by atoms with Gasteiger partial charge in [-0.1, -0.05) is 0 Å². The van der Waals surface area contributed by atoms with Crippen LogP contribution in [0, 0.1) is 11.8 Å². The maximum absolute atomic E-state index is 11.6. The van der Waals surface area contributed by atoms with Gasteiger partial charge >= 0.3 is 5.97 Å². The number of hydrogen-bond acceptors (Lipinski definition) is 5. The van der Waals surface area contributed by atoms with E-state index in [0.717, 1.165) is 0 Å². The van der Waals surface area contributed by atoms with E-state index in [4.69, 9.17) is 9.47 Å². The van der Waals surface area contributed by atoms with Crippen molar-refractivity contribution >= 4 is 17.5 Å². The first-order valence-corrected chi connectivity index (χ1v) is 5.81. The molecule has 1 fully saturated rings. The average Bonchev–Trinajstić information content (AvgIpc) is 2.30. The van der Waals surface area contributed by atoms with E-state index in [1.165, 1.54) is 7.11 Å². The van der Waals surface area contributed by atoms with Crippen LogP contribution in [0.2, 0.25) is 0 Å². The molecule has 1 saturated carbocycles. The molecule has 2 atom stereocenters. The zero-order chi connectivity index (χ0) is 12.8. The number of methoxy groups -OCH3 is 1. The molecule has 0 spiro atoms. The second kappa shape index (κ2) is 6.49. The molecule has 5 heteroatoms. The minimum absolute atomic E-state index is 0.0774. The first kappa shape index (κ1) is 13.8. The maximum Gasteiger partial charge on any atom is 0.308 e. The molecule has 1 aliphatic rings. The van der Waals surface area contributed by atoms with Crippen molar-refractivity contribution < 1.29 is 23.9 Å². The first-order chi connectivity index (χ1) is 8.10. The van der Waals surface area contributed by atoms with Gasteiger partial charge in [-0.15, -0.1) is 0 Å². The fourth-order valence-corrected chi connectivity index (χ4v) is 2.05. The van der Waals surface area contributed by atoms with Crippen LogP contribution >= 0.6 is 0 Å². The monoisotopic (exact) mass is 242 g/mol. The SMILES string of the molecule is CCOC(=O)C1CCC(=O)C(C(=O)COC)C1. The lowest BCUT2D eigenvalue weighted by atomic mass is 9.78. The third-order valence-corrected chi connectivity index (χ3v) is 2.94. The van der Waals surface area contributed by atoms with Crippen molar-refractivity contribution in [3.63, 3.8) is 0 Å². The van der Waals surface area contributed by atoms with Gasteiger partial charge in [0, 0.05) is 13.5 Å². The molecule has 0 heterocycles. The summed E-state index contributed by atoms with van der Waals surface area (Å²) in [5.74, 6) is -1.68. The smallest absolute Gasteiger partial charge is 0.308 e. The van der Waals surface area contributed by atoms with E-state index in [1.54, 1.807) is 6.92 Å². The zero-order valence-corrected chi connectivity index (χ0v) is 10.2. The Hall–Kier alpha value is -1.23. The van der Waals surface area contributed by atoms with Crippen molar-refractivity contribution in [1.82, 2.24) is 0 Å². The van der Waals surface area contributed by atoms with Crippen molar-refractivity contribution in [1.29, 1.82) is 0 Å². The highest BCUT2D eigenvalue weighted by atomic mass is 16.5. The van der Waals surface area contributed by atoms with E-state index in [2.05, 4.69) is 0 Å². The van der Waals surface area contributed by atoms with Gasteiger partial charge in [-0.2, -0.15) is 0 Å². The molecule has 0 aromatic rings. The van der Waals surface area contributed by atoms with Crippen LogP contribution in [0.5, 0.6) is 0 Å². The summed E-state index contributed by atoms with van der Waals surface area (Å²) in [7, 11) is 1.41. The summed E-state index contributed by atoms with van der Waals surface area (Å²) in [5, 5.41) is 0. The number of carbonyl (C=O) groups is 3. The molecule has 0 amide bonds. The van der Waals surface area contributed by atoms with Crippen LogP contribution in [0.15, 0.2) is 0 Å². The van der Waals surface area contributed by atoms with Crippen molar-refractivity contribution in [2.75, 3.05) is 20.3 Å². The standard InChI is InChI=1S/C12H18O5/c1-3-17-12(15)8-4-5-10(13)9(6-8)11(14)7-16-2/h8-9H,3-7H2,1-2H3. The Morgan fingerprint density at radius 3 is 2.71 bits per heavy atom. The maximum atomic E-state index is 11.6. The van der Waals surface area contributed by atoms with Crippen LogP contribution in [0.1, 0.15) is 26.2 Å². The molecule has 1 rings (SSSR count). The lowest BCUT2D eigenvalue weighted by Gasteiger charge is -2.25. The van der Waals surface area contributed by atoms with Crippen LogP contribution in [0.25, 0.3) is 0 Å². The highest BCUT2D eigenvalue weighted by Gasteiger charge is 2.36. The second-order valence-electron chi connectivity index (χ2n) is 4.14. The number of ketones is 2. The molecule has 0 bridgehead atoms. The molecule has 0 aromatic heterocycles. The molecular weight excluding hydrogens is 224 g/mol. The number of Topliss-reactive ketones (excluding diaryl/α,β-unsaturated/α-hetero) is 2. The Bertz CT molecular complexity index is 310. The normalized spacial score (nSPS) is 24.5. The van der Waals surface area contributed by atoms with Crippen molar-refractivity contribution in [3.8, 4) is 0 Å². The Balaban J connectivity index is 2.62. The van der Waals surface area contributed by atoms with Gasteiger partial charge in [-0.25, -0.2) is 0 Å². The van der Waals surface area contributed by atoms with E-state index in [1.807, 2.05) is 0 Å². The molecule has 0 aromatic carbocycles. The average molecular weight is 242 g/mol. The summed E-state index contributed by atoms with van der Waals surface area (Å²) < 4.78 is 9.64. The summed E-state index contributed by atoms with van der Waals surface area (Å²) >= 11 is 0. The second-order valence-corrected chi connectivity index (χ2v) is 4.14. The number of rotatable bonds is 5. The number of hydrogen-bond donors (Lipinski definition) is 0. The molecule has 0 radical (unpaired) electrons. The highest BCUT2D eigenvalue weighted by molar-refractivity contribution is 6.04. The molecule has 0 N–H and O–H groups in total. The molecule has 5 nitrogen and oxygen atoms in total. The van der Waals surface area contributed by atoms with E-state index in [-0.39, 0.29) is 42.9 Å². The highest BCUT2D eigenvalue weighted by Crippen LogP contribution is 2.28. The summed E-state index contributed by atoms with van der Waals surface area (Å²) in [4.78, 5) is 34.8. The van der Waals surface area contributed by atoms with E-state index in [0.29, 0.717) is 13.0 Å². The van der Waals surface area contributed by atoms with E-state index in [9.17, 15) is 14.4 Å². The number of carbonyl (C=O) groups excluding carboxylic acids is 3. The molecule has 0 saturated heterocycles. The van der Waals surface area contributed by atoms with E-state index < -0.39 is 5.92 Å². The Kier molecular flexibility index (Phi) is 5.28. The third-order valence-electron chi connectivity index (χ3n) is 2.94. The molecule has 0 aliphatic heterocycles. The van der Waals surface area contributed by atoms with Gasteiger partial charge in [0.05, 0.1) is 18.4 Å². The van der Waals surface area contributed by atoms with Gasteiger partial charge in [-0.3, -0.25) is 14.4 Å². The Morgan fingerprint density at radius 1 is 1.41 bits per heavy atom. The first-order valence-electron chi connectivity index (χ1n) is 5.81. The van der Waals surface area contributed by atoms with Gasteiger partial charge in [-0.05, 0) is 19.8 Å². The third kappa shape index (κ3) is 3.63. The number of ether oxygens (including phenoxy) is 2. The van der Waals surface area contributed by atoms with Gasteiger partial charge in [0.2, 0.25) is 0 Å². The van der Waals surface area contributed by atoms with Crippen molar-refractivity contribution in [3.05, 3.63) is 0 Å². The number of esters is 1. The van der Waals surface area contributed by atoms with Gasteiger partial charge in [0.15, 0.2) is 5.78 Å². The quantitative estimate of drug-likeness (QED) is 0.525. The minimum Gasteiger partial charge on any atom is -0.466 e. The van der Waals surface area contributed by atoms with Crippen LogP contribution in [0.3, 0.4) is 0 Å². The van der Waals surface area contributed by atoms with Crippen LogP contribution in [-0.2, 0) is 23.9 Å². The lowest BCUT2D eigenvalue weighted by molar-refractivity contribution is -0.151. The van der Waals surface area contributed by atoms with Crippen LogP contribution < -0.4 is 0 Å². The predicted molar refractivity (Wildman–Crippen MR) is 59.4 cm³/mol. The topological polar surface area (TPSA) is 69.7 Å². The van der Waals surface area contributed by atoms with Gasteiger partial charge < -0.3 is 9.47 Å². The van der Waals surface area contributed by atoms with Crippen LogP contribution in [-0.4, -0.2) is 37.9 Å². The fourth-order valence-electron chi connectivity index (χ4n) is 2.05. The van der Waals surface area contributed by atoms with Crippen LogP contribution in [0.4, 0.5) is 0 Å².